The zero-order valence-electron chi connectivity index (χ0n) is 16.8. The third kappa shape index (κ3) is 6.26. The zero-order valence-corrected chi connectivity index (χ0v) is 17.6. The van der Waals surface area contributed by atoms with Gasteiger partial charge < -0.3 is 10.1 Å². The molecule has 1 aliphatic heterocycles. The molecule has 0 saturated heterocycles. The molecular formula is C22H29FN2O3S. The Hall–Kier alpha value is -1.96. The average Bonchev–Trinajstić information content (AvgIpc) is 2.88. The molecule has 0 radical (unpaired) electrons. The average molecular weight is 421 g/mol. The minimum atomic E-state index is -3.29. The number of halogens is 1. The van der Waals surface area contributed by atoms with Gasteiger partial charge in [0.2, 0.25) is 10.0 Å². The van der Waals surface area contributed by atoms with Crippen molar-refractivity contribution in [1.29, 1.82) is 0 Å². The summed E-state index contributed by atoms with van der Waals surface area (Å²) in [7, 11) is -3.29. The van der Waals surface area contributed by atoms with Crippen LogP contribution in [0.25, 0.3) is 0 Å². The SMILES string of the molecule is CCCS(=O)(=O)NCCOc1cc2c(cc1F)CCCNC2Cc1ccccc1. The molecule has 0 aromatic heterocycles. The summed E-state index contributed by atoms with van der Waals surface area (Å²) >= 11 is 0. The van der Waals surface area contributed by atoms with Gasteiger partial charge >= 0.3 is 0 Å². The van der Waals surface area contributed by atoms with E-state index < -0.39 is 15.8 Å². The summed E-state index contributed by atoms with van der Waals surface area (Å²) in [5.74, 6) is -0.159. The van der Waals surface area contributed by atoms with Crippen LogP contribution in [0.2, 0.25) is 0 Å². The van der Waals surface area contributed by atoms with Crippen molar-refractivity contribution in [1.82, 2.24) is 10.0 Å². The molecule has 0 aliphatic carbocycles. The Morgan fingerprint density at radius 3 is 2.79 bits per heavy atom. The Morgan fingerprint density at radius 2 is 2.03 bits per heavy atom. The summed E-state index contributed by atoms with van der Waals surface area (Å²) in [5.41, 5.74) is 3.27. The van der Waals surface area contributed by atoms with Crippen molar-refractivity contribution in [3.63, 3.8) is 0 Å². The number of ether oxygens (including phenoxy) is 1. The molecule has 3 rings (SSSR count). The Labute approximate surface area is 172 Å². The lowest BCUT2D eigenvalue weighted by Crippen LogP contribution is -2.30. The predicted molar refractivity (Wildman–Crippen MR) is 113 cm³/mol. The van der Waals surface area contributed by atoms with Crippen LogP contribution in [-0.4, -0.2) is 33.9 Å². The smallest absolute Gasteiger partial charge is 0.211 e. The maximum atomic E-state index is 14.6. The van der Waals surface area contributed by atoms with Crippen molar-refractivity contribution in [3.8, 4) is 5.75 Å². The monoisotopic (exact) mass is 420 g/mol. The van der Waals surface area contributed by atoms with Gasteiger partial charge in [-0.25, -0.2) is 17.5 Å². The molecule has 1 heterocycles. The van der Waals surface area contributed by atoms with E-state index in [-0.39, 0.29) is 30.7 Å². The third-order valence-electron chi connectivity index (χ3n) is 5.02. The maximum Gasteiger partial charge on any atom is 0.211 e. The zero-order chi connectivity index (χ0) is 20.7. The molecular weight excluding hydrogens is 391 g/mol. The van der Waals surface area contributed by atoms with Gasteiger partial charge in [0.25, 0.3) is 0 Å². The second-order valence-corrected chi connectivity index (χ2v) is 9.27. The Morgan fingerprint density at radius 1 is 1.24 bits per heavy atom. The summed E-state index contributed by atoms with van der Waals surface area (Å²) in [6.07, 6.45) is 3.14. The fourth-order valence-corrected chi connectivity index (χ4v) is 4.73. The van der Waals surface area contributed by atoms with Crippen LogP contribution in [0, 0.1) is 5.82 Å². The first kappa shape index (κ1) is 21.7. The molecule has 2 aromatic rings. The van der Waals surface area contributed by atoms with Crippen LogP contribution in [-0.2, 0) is 22.9 Å². The van der Waals surface area contributed by atoms with Gasteiger partial charge in [0.15, 0.2) is 11.6 Å². The molecule has 1 unspecified atom stereocenters. The van der Waals surface area contributed by atoms with Crippen molar-refractivity contribution >= 4 is 10.0 Å². The summed E-state index contributed by atoms with van der Waals surface area (Å²) in [6, 6.07) is 13.6. The maximum absolute atomic E-state index is 14.6. The van der Waals surface area contributed by atoms with E-state index in [1.54, 1.807) is 19.1 Å². The van der Waals surface area contributed by atoms with Crippen LogP contribution in [0.1, 0.15) is 42.5 Å². The van der Waals surface area contributed by atoms with Gasteiger partial charge in [-0.05, 0) is 61.1 Å². The van der Waals surface area contributed by atoms with Gasteiger partial charge in [0, 0.05) is 12.6 Å². The molecule has 0 saturated carbocycles. The van der Waals surface area contributed by atoms with E-state index in [4.69, 9.17) is 4.74 Å². The van der Waals surface area contributed by atoms with E-state index >= 15 is 0 Å². The second-order valence-electron chi connectivity index (χ2n) is 7.34. The minimum Gasteiger partial charge on any atom is -0.489 e. The van der Waals surface area contributed by atoms with Crippen LogP contribution < -0.4 is 14.8 Å². The lowest BCUT2D eigenvalue weighted by atomic mass is 9.94. The molecule has 5 nitrogen and oxygen atoms in total. The van der Waals surface area contributed by atoms with Crippen LogP contribution in [0.4, 0.5) is 4.39 Å². The molecule has 1 aliphatic rings. The molecule has 2 aromatic carbocycles. The predicted octanol–water partition coefficient (Wildman–Crippen LogP) is 3.35. The number of hydrogen-bond donors (Lipinski definition) is 2. The number of fused-ring (bicyclic) bond motifs is 1. The molecule has 1 atom stereocenters. The van der Waals surface area contributed by atoms with Crippen LogP contribution in [0.5, 0.6) is 5.75 Å². The molecule has 0 amide bonds. The fraction of sp³-hybridized carbons (Fsp3) is 0.455. The normalized spacial score (nSPS) is 16.8. The van der Waals surface area contributed by atoms with Crippen LogP contribution >= 0.6 is 0 Å². The van der Waals surface area contributed by atoms with Crippen molar-refractivity contribution < 1.29 is 17.5 Å². The highest BCUT2D eigenvalue weighted by atomic mass is 32.2. The van der Waals surface area contributed by atoms with Gasteiger partial charge in [-0.1, -0.05) is 37.3 Å². The second kappa shape index (κ2) is 10.2. The summed E-state index contributed by atoms with van der Waals surface area (Å²) in [4.78, 5) is 0. The number of nitrogens with one attached hydrogen (secondary N) is 2. The minimum absolute atomic E-state index is 0.0764. The number of hydrogen-bond acceptors (Lipinski definition) is 4. The van der Waals surface area contributed by atoms with E-state index in [1.165, 1.54) is 5.56 Å². The van der Waals surface area contributed by atoms with Gasteiger partial charge in [0.05, 0.1) is 5.75 Å². The first-order chi connectivity index (χ1) is 14.0. The number of rotatable bonds is 9. The molecule has 0 fully saturated rings. The number of aryl methyl sites for hydroxylation is 1. The lowest BCUT2D eigenvalue weighted by Gasteiger charge is -2.20. The molecule has 29 heavy (non-hydrogen) atoms. The Bertz CT molecular complexity index is 904. The largest absolute Gasteiger partial charge is 0.489 e. The molecule has 2 N–H and O–H groups in total. The lowest BCUT2D eigenvalue weighted by molar-refractivity contribution is 0.305. The molecule has 0 bridgehead atoms. The van der Waals surface area contributed by atoms with E-state index in [1.807, 2.05) is 18.2 Å². The number of sulfonamides is 1. The highest BCUT2D eigenvalue weighted by Gasteiger charge is 2.21. The Kier molecular flexibility index (Phi) is 7.64. The van der Waals surface area contributed by atoms with Crippen molar-refractivity contribution in [2.24, 2.45) is 0 Å². The van der Waals surface area contributed by atoms with Crippen molar-refractivity contribution in [2.45, 2.75) is 38.6 Å². The van der Waals surface area contributed by atoms with E-state index in [0.717, 1.165) is 36.9 Å². The van der Waals surface area contributed by atoms with E-state index in [0.29, 0.717) is 6.42 Å². The first-order valence-corrected chi connectivity index (χ1v) is 11.8. The van der Waals surface area contributed by atoms with Crippen LogP contribution in [0.15, 0.2) is 42.5 Å². The van der Waals surface area contributed by atoms with Gasteiger partial charge in [-0.15, -0.1) is 0 Å². The fourth-order valence-electron chi connectivity index (χ4n) is 3.66. The molecule has 7 heteroatoms. The topological polar surface area (TPSA) is 67.4 Å². The quantitative estimate of drug-likeness (QED) is 0.611. The van der Waals surface area contributed by atoms with Crippen molar-refractivity contribution in [2.75, 3.05) is 25.4 Å². The van der Waals surface area contributed by atoms with Gasteiger partial charge in [-0.3, -0.25) is 0 Å². The Balaban J connectivity index is 1.71. The van der Waals surface area contributed by atoms with Gasteiger partial charge in [0.1, 0.15) is 6.61 Å². The highest BCUT2D eigenvalue weighted by molar-refractivity contribution is 7.89. The summed E-state index contributed by atoms with van der Waals surface area (Å²) < 4.78 is 46.0. The molecule has 158 valence electrons. The highest BCUT2D eigenvalue weighted by Crippen LogP contribution is 2.31. The van der Waals surface area contributed by atoms with E-state index in [9.17, 15) is 12.8 Å². The molecule has 0 spiro atoms. The first-order valence-electron chi connectivity index (χ1n) is 10.2. The number of benzene rings is 2. The van der Waals surface area contributed by atoms with Gasteiger partial charge in [-0.2, -0.15) is 0 Å². The summed E-state index contributed by atoms with van der Waals surface area (Å²) in [5, 5.41) is 3.56. The summed E-state index contributed by atoms with van der Waals surface area (Å²) in [6.45, 7) is 2.88. The van der Waals surface area contributed by atoms with Crippen LogP contribution in [0.3, 0.4) is 0 Å². The third-order valence-corrected chi connectivity index (χ3v) is 6.61. The van der Waals surface area contributed by atoms with E-state index in [2.05, 4.69) is 22.2 Å². The standard InChI is InChI=1S/C22H29FN2O3S/c1-2-13-29(26,27)25-11-12-28-22-16-19-18(15-20(22)23)9-6-10-24-21(19)14-17-7-4-3-5-8-17/h3-5,7-8,15-16,21,24-25H,2,6,9-14H2,1H3. The van der Waals surface area contributed by atoms with Crippen molar-refractivity contribution in [3.05, 3.63) is 65.0 Å².